The van der Waals surface area contributed by atoms with Gasteiger partial charge in [-0.1, -0.05) is 18.5 Å². The summed E-state index contributed by atoms with van der Waals surface area (Å²) in [5.74, 6) is 0. The molecule has 1 aromatic carbocycles. The van der Waals surface area contributed by atoms with Gasteiger partial charge in [0.15, 0.2) is 4.90 Å². The first-order valence-electron chi connectivity index (χ1n) is 5.89. The summed E-state index contributed by atoms with van der Waals surface area (Å²) in [6.07, 6.45) is 0.528. The molecule has 112 valence electrons. The van der Waals surface area contributed by atoms with Gasteiger partial charge in [0.1, 0.15) is 0 Å². The van der Waals surface area contributed by atoms with E-state index in [0.29, 0.717) is 6.42 Å². The van der Waals surface area contributed by atoms with E-state index in [4.69, 9.17) is 16.7 Å². The summed E-state index contributed by atoms with van der Waals surface area (Å²) in [4.78, 5) is 9.76. The Kier molecular flexibility index (Phi) is 5.88. The van der Waals surface area contributed by atoms with Crippen LogP contribution in [0.5, 0.6) is 0 Å². The zero-order chi connectivity index (χ0) is 15.3. The minimum Gasteiger partial charge on any atom is -0.395 e. The van der Waals surface area contributed by atoms with Gasteiger partial charge in [0.2, 0.25) is 10.0 Å². The van der Waals surface area contributed by atoms with E-state index in [-0.39, 0.29) is 24.7 Å². The topological polar surface area (TPSA) is 101 Å². The monoisotopic (exact) mass is 322 g/mol. The second-order valence-corrected chi connectivity index (χ2v) is 6.34. The molecule has 0 saturated carbocycles. The predicted molar refractivity (Wildman–Crippen MR) is 74.2 cm³/mol. The number of hydrogen-bond acceptors (Lipinski definition) is 5. The molecule has 0 aliphatic heterocycles. The standard InChI is InChI=1S/C11H15ClN2O5S/c1-2-5-13(6-7-15)20(18,19)11-4-3-9(12)8-10(11)14(16)17/h3-4,8,15H,2,5-7H2,1H3. The minimum atomic E-state index is -4.04. The lowest BCUT2D eigenvalue weighted by molar-refractivity contribution is -0.387. The van der Waals surface area contributed by atoms with Gasteiger partial charge in [-0.3, -0.25) is 10.1 Å². The van der Waals surface area contributed by atoms with Crippen molar-refractivity contribution in [3.8, 4) is 0 Å². The Bertz CT molecular complexity index is 584. The Labute approximate surface area is 122 Å². The van der Waals surface area contributed by atoms with Crippen LogP contribution in [-0.2, 0) is 10.0 Å². The summed E-state index contributed by atoms with van der Waals surface area (Å²) in [6, 6.07) is 3.39. The van der Waals surface area contributed by atoms with Gasteiger partial charge in [0.05, 0.1) is 11.5 Å². The van der Waals surface area contributed by atoms with E-state index in [1.54, 1.807) is 6.92 Å². The van der Waals surface area contributed by atoms with Crippen LogP contribution in [0.1, 0.15) is 13.3 Å². The molecule has 0 radical (unpaired) electrons. The number of nitro groups is 1. The number of sulfonamides is 1. The number of rotatable bonds is 7. The molecule has 9 heteroatoms. The largest absolute Gasteiger partial charge is 0.395 e. The third-order valence-electron chi connectivity index (χ3n) is 2.56. The Morgan fingerprint density at radius 3 is 2.55 bits per heavy atom. The van der Waals surface area contributed by atoms with E-state index in [1.807, 2.05) is 0 Å². The Morgan fingerprint density at radius 1 is 1.40 bits per heavy atom. The quantitative estimate of drug-likeness (QED) is 0.607. The van der Waals surface area contributed by atoms with Crippen LogP contribution in [0, 0.1) is 10.1 Å². The molecule has 0 unspecified atom stereocenters. The number of benzene rings is 1. The SMILES string of the molecule is CCCN(CCO)S(=O)(=O)c1ccc(Cl)cc1[N+](=O)[O-]. The number of halogens is 1. The molecule has 1 aromatic rings. The summed E-state index contributed by atoms with van der Waals surface area (Å²) in [5.41, 5.74) is -0.573. The summed E-state index contributed by atoms with van der Waals surface area (Å²) in [7, 11) is -4.04. The Balaban J connectivity index is 3.36. The van der Waals surface area contributed by atoms with Crippen molar-refractivity contribution in [1.82, 2.24) is 4.31 Å². The van der Waals surface area contributed by atoms with Crippen molar-refractivity contribution in [1.29, 1.82) is 0 Å². The first kappa shape index (κ1) is 16.8. The Morgan fingerprint density at radius 2 is 2.05 bits per heavy atom. The van der Waals surface area contributed by atoms with Crippen LogP contribution in [0.15, 0.2) is 23.1 Å². The zero-order valence-corrected chi connectivity index (χ0v) is 12.4. The maximum Gasteiger partial charge on any atom is 0.290 e. The van der Waals surface area contributed by atoms with Crippen LogP contribution in [0.2, 0.25) is 5.02 Å². The van der Waals surface area contributed by atoms with Crippen molar-refractivity contribution >= 4 is 27.3 Å². The molecule has 0 bridgehead atoms. The van der Waals surface area contributed by atoms with Crippen LogP contribution < -0.4 is 0 Å². The first-order chi connectivity index (χ1) is 9.34. The first-order valence-corrected chi connectivity index (χ1v) is 7.71. The van der Waals surface area contributed by atoms with Crippen molar-refractivity contribution in [2.45, 2.75) is 18.2 Å². The molecular formula is C11H15ClN2O5S. The summed E-state index contributed by atoms with van der Waals surface area (Å²) >= 11 is 5.66. The molecule has 0 aliphatic carbocycles. The predicted octanol–water partition coefficient (Wildman–Crippen LogP) is 1.64. The molecule has 0 amide bonds. The highest BCUT2D eigenvalue weighted by Crippen LogP contribution is 2.29. The van der Waals surface area contributed by atoms with Gasteiger partial charge >= 0.3 is 0 Å². The molecule has 7 nitrogen and oxygen atoms in total. The van der Waals surface area contributed by atoms with E-state index in [9.17, 15) is 18.5 Å². The fourth-order valence-electron chi connectivity index (χ4n) is 1.70. The fourth-order valence-corrected chi connectivity index (χ4v) is 3.53. The molecule has 0 aromatic heterocycles. The van der Waals surface area contributed by atoms with Gasteiger partial charge in [0, 0.05) is 24.2 Å². The van der Waals surface area contributed by atoms with Gasteiger partial charge in [0.25, 0.3) is 5.69 Å². The number of hydrogen-bond donors (Lipinski definition) is 1. The molecule has 0 spiro atoms. The summed E-state index contributed by atoms with van der Waals surface area (Å²) in [5, 5.41) is 20.0. The third-order valence-corrected chi connectivity index (χ3v) is 4.74. The maximum atomic E-state index is 12.4. The molecule has 0 atom stereocenters. The van der Waals surface area contributed by atoms with Crippen LogP contribution in [0.4, 0.5) is 5.69 Å². The van der Waals surface area contributed by atoms with E-state index in [2.05, 4.69) is 0 Å². The fraction of sp³-hybridized carbons (Fsp3) is 0.455. The van der Waals surface area contributed by atoms with Crippen LogP contribution in [0.25, 0.3) is 0 Å². The maximum absolute atomic E-state index is 12.4. The van der Waals surface area contributed by atoms with Gasteiger partial charge in [-0.2, -0.15) is 4.31 Å². The number of aliphatic hydroxyl groups is 1. The van der Waals surface area contributed by atoms with Crippen LogP contribution in [0.3, 0.4) is 0 Å². The van der Waals surface area contributed by atoms with E-state index in [0.717, 1.165) is 16.4 Å². The highest BCUT2D eigenvalue weighted by Gasteiger charge is 2.31. The molecule has 0 aliphatic rings. The number of nitro benzene ring substituents is 1. The van der Waals surface area contributed by atoms with Crippen molar-refractivity contribution in [3.05, 3.63) is 33.3 Å². The number of nitrogens with zero attached hydrogens (tertiary/aromatic N) is 2. The molecule has 1 N–H and O–H groups in total. The molecule has 0 fully saturated rings. The van der Waals surface area contributed by atoms with Gasteiger partial charge in [-0.15, -0.1) is 0 Å². The molecule has 1 rings (SSSR count). The zero-order valence-electron chi connectivity index (χ0n) is 10.8. The van der Waals surface area contributed by atoms with Crippen molar-refractivity contribution < 1.29 is 18.4 Å². The lowest BCUT2D eigenvalue weighted by Crippen LogP contribution is -2.34. The average Bonchev–Trinajstić information content (AvgIpc) is 2.38. The van der Waals surface area contributed by atoms with Crippen molar-refractivity contribution in [2.24, 2.45) is 0 Å². The highest BCUT2D eigenvalue weighted by molar-refractivity contribution is 7.89. The Hall–Kier alpha value is -1.22. The lowest BCUT2D eigenvalue weighted by atomic mass is 10.3. The van der Waals surface area contributed by atoms with Crippen LogP contribution >= 0.6 is 11.6 Å². The minimum absolute atomic E-state index is 0.0832. The van der Waals surface area contributed by atoms with Gasteiger partial charge in [-0.05, 0) is 18.6 Å². The number of aliphatic hydroxyl groups excluding tert-OH is 1. The van der Waals surface area contributed by atoms with Gasteiger partial charge < -0.3 is 5.11 Å². The van der Waals surface area contributed by atoms with Gasteiger partial charge in [-0.25, -0.2) is 8.42 Å². The second-order valence-electron chi connectivity index (χ2n) is 4.00. The highest BCUT2D eigenvalue weighted by atomic mass is 35.5. The smallest absolute Gasteiger partial charge is 0.290 e. The summed E-state index contributed by atoms with van der Waals surface area (Å²) in [6.45, 7) is 1.47. The lowest BCUT2D eigenvalue weighted by Gasteiger charge is -2.20. The molecule has 0 heterocycles. The molecule has 0 saturated heterocycles. The van der Waals surface area contributed by atoms with Crippen molar-refractivity contribution in [3.63, 3.8) is 0 Å². The van der Waals surface area contributed by atoms with E-state index in [1.165, 1.54) is 6.07 Å². The van der Waals surface area contributed by atoms with Crippen molar-refractivity contribution in [2.75, 3.05) is 19.7 Å². The molecular weight excluding hydrogens is 308 g/mol. The van der Waals surface area contributed by atoms with E-state index < -0.39 is 25.5 Å². The normalized spacial score (nSPS) is 11.8. The summed E-state index contributed by atoms with van der Waals surface area (Å²) < 4.78 is 25.8. The average molecular weight is 323 g/mol. The molecule has 20 heavy (non-hydrogen) atoms. The van der Waals surface area contributed by atoms with Crippen LogP contribution in [-0.4, -0.2) is 42.4 Å². The van der Waals surface area contributed by atoms with E-state index >= 15 is 0 Å². The third kappa shape index (κ3) is 3.66. The second kappa shape index (κ2) is 6.98.